The SMILES string of the molecule is Cc1ccc(C(=O)CSC2=NCCN2)cc1. The summed E-state index contributed by atoms with van der Waals surface area (Å²) in [7, 11) is 0. The molecule has 4 heteroatoms. The molecular weight excluding hydrogens is 220 g/mol. The number of carbonyl (C=O) groups is 1. The Morgan fingerprint density at radius 3 is 2.81 bits per heavy atom. The Morgan fingerprint density at radius 2 is 2.19 bits per heavy atom. The van der Waals surface area contributed by atoms with Crippen LogP contribution >= 0.6 is 11.8 Å². The molecule has 1 aromatic carbocycles. The Balaban J connectivity index is 1.90. The van der Waals surface area contributed by atoms with Crippen LogP contribution in [-0.2, 0) is 0 Å². The lowest BCUT2D eigenvalue weighted by Gasteiger charge is -2.02. The van der Waals surface area contributed by atoms with Gasteiger partial charge in [0, 0.05) is 12.1 Å². The van der Waals surface area contributed by atoms with Gasteiger partial charge in [0.2, 0.25) is 0 Å². The van der Waals surface area contributed by atoms with E-state index in [2.05, 4.69) is 10.3 Å². The molecule has 0 spiro atoms. The summed E-state index contributed by atoms with van der Waals surface area (Å²) in [5.74, 6) is 0.607. The summed E-state index contributed by atoms with van der Waals surface area (Å²) in [6.45, 7) is 3.72. The first-order chi connectivity index (χ1) is 7.75. The number of aryl methyl sites for hydroxylation is 1. The zero-order chi connectivity index (χ0) is 11.4. The molecular formula is C12H14N2OS. The molecule has 1 heterocycles. The van der Waals surface area contributed by atoms with Crippen molar-refractivity contribution in [2.45, 2.75) is 6.92 Å². The van der Waals surface area contributed by atoms with Crippen molar-refractivity contribution >= 4 is 22.7 Å². The number of aliphatic imine (C=N–C) groups is 1. The van der Waals surface area contributed by atoms with E-state index in [4.69, 9.17) is 0 Å². The van der Waals surface area contributed by atoms with Crippen molar-refractivity contribution in [2.24, 2.45) is 4.99 Å². The molecule has 16 heavy (non-hydrogen) atoms. The van der Waals surface area contributed by atoms with Gasteiger partial charge in [0.05, 0.1) is 12.3 Å². The number of hydrogen-bond acceptors (Lipinski definition) is 4. The summed E-state index contributed by atoms with van der Waals surface area (Å²) in [6.07, 6.45) is 0. The number of hydrogen-bond donors (Lipinski definition) is 1. The maximum absolute atomic E-state index is 11.8. The zero-order valence-corrected chi connectivity index (χ0v) is 10.0. The van der Waals surface area contributed by atoms with Crippen LogP contribution in [0.3, 0.4) is 0 Å². The summed E-state index contributed by atoms with van der Waals surface area (Å²) in [6, 6.07) is 7.68. The quantitative estimate of drug-likeness (QED) is 0.812. The van der Waals surface area contributed by atoms with E-state index >= 15 is 0 Å². The van der Waals surface area contributed by atoms with Gasteiger partial charge in [-0.1, -0.05) is 41.6 Å². The third-order valence-electron chi connectivity index (χ3n) is 2.36. The molecule has 0 aliphatic carbocycles. The molecule has 1 aliphatic rings. The maximum atomic E-state index is 11.8. The van der Waals surface area contributed by atoms with Crippen LogP contribution < -0.4 is 5.32 Å². The van der Waals surface area contributed by atoms with Crippen molar-refractivity contribution in [2.75, 3.05) is 18.8 Å². The second-order valence-electron chi connectivity index (χ2n) is 3.69. The number of rotatable bonds is 3. The molecule has 0 saturated heterocycles. The highest BCUT2D eigenvalue weighted by molar-refractivity contribution is 8.14. The Morgan fingerprint density at radius 1 is 1.44 bits per heavy atom. The lowest BCUT2D eigenvalue weighted by Crippen LogP contribution is -2.17. The predicted molar refractivity (Wildman–Crippen MR) is 68.3 cm³/mol. The van der Waals surface area contributed by atoms with Gasteiger partial charge in [-0.2, -0.15) is 0 Å². The minimum absolute atomic E-state index is 0.154. The van der Waals surface area contributed by atoms with Gasteiger partial charge in [0.15, 0.2) is 11.0 Å². The van der Waals surface area contributed by atoms with Gasteiger partial charge in [-0.3, -0.25) is 9.79 Å². The predicted octanol–water partition coefficient (Wildman–Crippen LogP) is 1.87. The minimum atomic E-state index is 0.154. The van der Waals surface area contributed by atoms with Crippen molar-refractivity contribution in [3.63, 3.8) is 0 Å². The number of ketones is 1. The molecule has 1 aromatic rings. The molecule has 2 rings (SSSR count). The van der Waals surface area contributed by atoms with Crippen molar-refractivity contribution in [3.8, 4) is 0 Å². The van der Waals surface area contributed by atoms with E-state index in [0.717, 1.165) is 23.8 Å². The topological polar surface area (TPSA) is 41.5 Å². The van der Waals surface area contributed by atoms with Gasteiger partial charge in [-0.05, 0) is 6.92 Å². The molecule has 0 fully saturated rings. The number of nitrogens with zero attached hydrogens (tertiary/aromatic N) is 1. The molecule has 0 saturated carbocycles. The van der Waals surface area contributed by atoms with Crippen LogP contribution in [0.2, 0.25) is 0 Å². The second kappa shape index (κ2) is 5.16. The third-order valence-corrected chi connectivity index (χ3v) is 3.31. The van der Waals surface area contributed by atoms with Gasteiger partial charge >= 0.3 is 0 Å². The molecule has 1 aliphatic heterocycles. The van der Waals surface area contributed by atoms with Crippen molar-refractivity contribution in [3.05, 3.63) is 35.4 Å². The van der Waals surface area contributed by atoms with E-state index in [1.165, 1.54) is 17.3 Å². The van der Waals surface area contributed by atoms with Gasteiger partial charge in [0.25, 0.3) is 0 Å². The van der Waals surface area contributed by atoms with Crippen LogP contribution in [0.25, 0.3) is 0 Å². The van der Waals surface area contributed by atoms with Crippen LogP contribution in [0.15, 0.2) is 29.3 Å². The molecule has 0 amide bonds. The van der Waals surface area contributed by atoms with Crippen molar-refractivity contribution in [1.29, 1.82) is 0 Å². The molecule has 0 radical (unpaired) electrons. The molecule has 84 valence electrons. The van der Waals surface area contributed by atoms with E-state index < -0.39 is 0 Å². The average molecular weight is 234 g/mol. The lowest BCUT2D eigenvalue weighted by molar-refractivity contribution is 0.102. The first-order valence-corrected chi connectivity index (χ1v) is 6.25. The average Bonchev–Trinajstić information content (AvgIpc) is 2.80. The van der Waals surface area contributed by atoms with Crippen LogP contribution in [0, 0.1) is 6.92 Å². The second-order valence-corrected chi connectivity index (χ2v) is 4.66. The van der Waals surface area contributed by atoms with Crippen LogP contribution in [0.5, 0.6) is 0 Å². The molecule has 0 bridgehead atoms. The summed E-state index contributed by atoms with van der Waals surface area (Å²) in [5.41, 5.74) is 1.95. The molecule has 0 aromatic heterocycles. The molecule has 0 unspecified atom stereocenters. The Labute approximate surface area is 99.3 Å². The monoisotopic (exact) mass is 234 g/mol. The minimum Gasteiger partial charge on any atom is -0.363 e. The fourth-order valence-electron chi connectivity index (χ4n) is 1.43. The Hall–Kier alpha value is -1.29. The lowest BCUT2D eigenvalue weighted by atomic mass is 10.1. The Kier molecular flexibility index (Phi) is 3.62. The summed E-state index contributed by atoms with van der Waals surface area (Å²) in [4.78, 5) is 16.0. The van der Waals surface area contributed by atoms with Gasteiger partial charge in [-0.15, -0.1) is 0 Å². The summed E-state index contributed by atoms with van der Waals surface area (Å²) in [5, 5.41) is 4.02. The zero-order valence-electron chi connectivity index (χ0n) is 9.19. The molecule has 1 N–H and O–H groups in total. The number of Topliss-reactive ketones (excluding diaryl/α,β-unsaturated/α-hetero) is 1. The largest absolute Gasteiger partial charge is 0.363 e. The third kappa shape index (κ3) is 2.85. The highest BCUT2D eigenvalue weighted by atomic mass is 32.2. The fourth-order valence-corrected chi connectivity index (χ4v) is 2.25. The standard InChI is InChI=1S/C12H14N2OS/c1-9-2-4-10(5-3-9)11(15)8-16-12-13-6-7-14-12/h2-5H,6-8H2,1H3,(H,13,14). The number of carbonyl (C=O) groups excluding carboxylic acids is 1. The highest BCUT2D eigenvalue weighted by Gasteiger charge is 2.10. The summed E-state index contributed by atoms with van der Waals surface area (Å²) < 4.78 is 0. The highest BCUT2D eigenvalue weighted by Crippen LogP contribution is 2.10. The van der Waals surface area contributed by atoms with Gasteiger partial charge in [0.1, 0.15) is 0 Å². The van der Waals surface area contributed by atoms with Crippen molar-refractivity contribution < 1.29 is 4.79 Å². The summed E-state index contributed by atoms with van der Waals surface area (Å²) >= 11 is 1.48. The molecule has 0 atom stereocenters. The smallest absolute Gasteiger partial charge is 0.173 e. The van der Waals surface area contributed by atoms with E-state index in [9.17, 15) is 4.79 Å². The van der Waals surface area contributed by atoms with Crippen LogP contribution in [0.1, 0.15) is 15.9 Å². The van der Waals surface area contributed by atoms with E-state index in [1.54, 1.807) is 0 Å². The first kappa shape index (κ1) is 11.2. The normalized spacial score (nSPS) is 14.4. The Bertz CT molecular complexity index is 412. The van der Waals surface area contributed by atoms with Gasteiger partial charge < -0.3 is 5.32 Å². The van der Waals surface area contributed by atoms with Crippen LogP contribution in [-0.4, -0.2) is 29.8 Å². The van der Waals surface area contributed by atoms with Crippen LogP contribution in [0.4, 0.5) is 0 Å². The fraction of sp³-hybridized carbons (Fsp3) is 0.333. The van der Waals surface area contributed by atoms with Crippen molar-refractivity contribution in [1.82, 2.24) is 5.32 Å². The number of benzene rings is 1. The maximum Gasteiger partial charge on any atom is 0.173 e. The van der Waals surface area contributed by atoms with E-state index in [1.807, 2.05) is 31.2 Å². The molecule has 3 nitrogen and oxygen atoms in total. The number of nitrogens with one attached hydrogen (secondary N) is 1. The van der Waals surface area contributed by atoms with E-state index in [0.29, 0.717) is 5.75 Å². The number of thioether (sulfide) groups is 1. The van der Waals surface area contributed by atoms with E-state index in [-0.39, 0.29) is 5.78 Å². The first-order valence-electron chi connectivity index (χ1n) is 5.27. The number of amidine groups is 1. The van der Waals surface area contributed by atoms with Gasteiger partial charge in [-0.25, -0.2) is 0 Å².